The van der Waals surface area contributed by atoms with Crippen LogP contribution >= 0.6 is 0 Å². The highest BCUT2D eigenvalue weighted by Crippen LogP contribution is 2.24. The van der Waals surface area contributed by atoms with Gasteiger partial charge < -0.3 is 26.1 Å². The third kappa shape index (κ3) is 23.7. The van der Waals surface area contributed by atoms with E-state index in [1.807, 2.05) is 36.4 Å². The molecule has 6 N–H and O–H groups in total. The lowest BCUT2D eigenvalue weighted by Gasteiger charge is -2.42. The SMILES string of the molecule is C#CC#CC#CC#CC#CC#CC#CC#CC#CC#CC#CC#CC#CC.CC(C)N[C@H](CCc1ccccc1)C(=O)N1CC[C@H]1C(=O)CCc1ccc2c(N)nccc2c1.NN=NN[N+](=O)[O-].[HH].[HH].[HH].[HH].[HH].[HH].[HH].[HH].[HH].[HH].[HH].[HH].[HH].[HH]. The maximum absolute atomic E-state index is 13.3. The predicted molar refractivity (Wildman–Crippen MR) is 293 cm³/mol. The van der Waals surface area contributed by atoms with E-state index >= 15 is 0 Å². The number of nitrogens with one attached hydrogen (secondary N) is 2. The number of amides is 1. The van der Waals surface area contributed by atoms with Crippen molar-refractivity contribution in [2.24, 2.45) is 16.3 Å². The molecule has 2 heterocycles. The number of aryl methyl sites for hydroxylation is 2. The summed E-state index contributed by atoms with van der Waals surface area (Å²) >= 11 is 0. The molecule has 13 nitrogen and oxygen atoms in total. The Labute approximate surface area is 419 Å². The summed E-state index contributed by atoms with van der Waals surface area (Å²) in [6.45, 7) is 6.45. The van der Waals surface area contributed by atoms with E-state index in [-0.39, 0.29) is 49.8 Å². The number of benzene rings is 2. The van der Waals surface area contributed by atoms with Gasteiger partial charge in [0.2, 0.25) is 5.91 Å². The minimum absolute atomic E-state index is 0. The molecule has 4 rings (SSSR count). The second kappa shape index (κ2) is 34.2. The molecule has 0 bridgehead atoms. The highest BCUT2D eigenvalue weighted by molar-refractivity contribution is 5.93. The first kappa shape index (κ1) is 53.8. The number of hydrogen-bond acceptors (Lipinski definition) is 9. The molecular weight excluding hydrogens is 851 g/mol. The summed E-state index contributed by atoms with van der Waals surface area (Å²) in [5.41, 5.74) is 9.60. The molecular formula is C55H69N9O4. The van der Waals surface area contributed by atoms with Gasteiger partial charge in [-0.1, -0.05) is 68.3 Å². The normalized spacial score (nSPS) is 10.7. The predicted octanol–water partition coefficient (Wildman–Crippen LogP) is 7.05. The number of carbonyl (C=O) groups excluding carboxylic acids is 2. The van der Waals surface area contributed by atoms with Gasteiger partial charge in [-0.3, -0.25) is 15.4 Å². The van der Waals surface area contributed by atoms with Crippen molar-refractivity contribution in [3.05, 3.63) is 82.0 Å². The molecule has 2 aromatic carbocycles. The first-order valence-electron chi connectivity index (χ1n) is 20.2. The monoisotopic (exact) mass is 920 g/mol. The first-order valence-corrected chi connectivity index (χ1v) is 20.2. The number of nitrogens with two attached hydrogens (primary N) is 2. The lowest BCUT2D eigenvalue weighted by atomic mass is 9.92. The van der Waals surface area contributed by atoms with E-state index < -0.39 is 5.03 Å². The third-order valence-corrected chi connectivity index (χ3v) is 8.35. The van der Waals surface area contributed by atoms with Crippen LogP contribution in [0, 0.1) is 165 Å². The molecule has 0 spiro atoms. The van der Waals surface area contributed by atoms with Crippen LogP contribution in [0.2, 0.25) is 0 Å². The minimum Gasteiger partial charge on any atom is -0.383 e. The zero-order chi connectivity index (χ0) is 49.5. The number of likely N-dealkylation sites (tertiary alicyclic amines) is 1. The van der Waals surface area contributed by atoms with Gasteiger partial charge in [-0.25, -0.2) is 4.98 Å². The fraction of sp³-hybridized carbons (Fsp3) is 0.218. The van der Waals surface area contributed by atoms with Crippen molar-refractivity contribution in [2.75, 3.05) is 12.3 Å². The molecule has 0 aliphatic carbocycles. The van der Waals surface area contributed by atoms with Crippen molar-refractivity contribution in [3.63, 3.8) is 0 Å². The molecule has 68 heavy (non-hydrogen) atoms. The van der Waals surface area contributed by atoms with E-state index in [1.165, 1.54) is 11.1 Å². The number of anilines is 1. The maximum Gasteiger partial charge on any atom is 0.240 e. The number of ketones is 1. The average molecular weight is 920 g/mol. The van der Waals surface area contributed by atoms with Gasteiger partial charge in [-0.05, 0) is 150 Å². The summed E-state index contributed by atoms with van der Waals surface area (Å²) in [5, 5.41) is 18.9. The molecule has 1 amide bonds. The van der Waals surface area contributed by atoms with Crippen molar-refractivity contribution in [3.8, 4) is 154 Å². The van der Waals surface area contributed by atoms with Crippen LogP contribution in [0.4, 0.5) is 5.82 Å². The number of rotatable bonds is 12. The quantitative estimate of drug-likeness (QED) is 0.0484. The van der Waals surface area contributed by atoms with Crippen LogP contribution < -0.4 is 22.4 Å². The van der Waals surface area contributed by atoms with Crippen molar-refractivity contribution in [1.82, 2.24) is 20.7 Å². The molecule has 2 atom stereocenters. The van der Waals surface area contributed by atoms with E-state index in [9.17, 15) is 19.7 Å². The number of pyridine rings is 1. The highest BCUT2D eigenvalue weighted by Gasteiger charge is 2.39. The molecule has 13 heteroatoms. The Bertz CT molecular complexity index is 3230. The number of fused-ring (bicyclic) bond motifs is 1. The van der Waals surface area contributed by atoms with Crippen LogP contribution in [-0.2, 0) is 22.4 Å². The van der Waals surface area contributed by atoms with E-state index in [4.69, 9.17) is 12.2 Å². The van der Waals surface area contributed by atoms with Gasteiger partial charge in [-0.15, -0.1) is 6.42 Å². The number of hydrogen-bond donors (Lipinski definition) is 4. The van der Waals surface area contributed by atoms with Gasteiger partial charge in [-0.2, -0.15) is 0 Å². The van der Waals surface area contributed by atoms with E-state index in [1.54, 1.807) is 18.0 Å². The summed E-state index contributed by atoms with van der Waals surface area (Å²) < 4.78 is 0. The van der Waals surface area contributed by atoms with Crippen LogP contribution in [0.1, 0.15) is 71.1 Å². The van der Waals surface area contributed by atoms with Gasteiger partial charge >= 0.3 is 0 Å². The van der Waals surface area contributed by atoms with Gasteiger partial charge in [0.15, 0.2) is 11.0 Å². The minimum atomic E-state index is -0.879. The van der Waals surface area contributed by atoms with E-state index in [0.717, 1.165) is 29.2 Å². The Morgan fingerprint density at radius 2 is 1.34 bits per heavy atom. The van der Waals surface area contributed by atoms with Crippen LogP contribution in [0.5, 0.6) is 0 Å². The van der Waals surface area contributed by atoms with Gasteiger partial charge in [0, 0.05) is 103 Å². The van der Waals surface area contributed by atoms with Crippen LogP contribution in [0.15, 0.2) is 71.2 Å². The Morgan fingerprint density at radius 1 is 0.809 bits per heavy atom. The van der Waals surface area contributed by atoms with E-state index in [0.29, 0.717) is 31.6 Å². The molecule has 1 aliphatic rings. The van der Waals surface area contributed by atoms with Crippen molar-refractivity contribution < 1.29 is 34.6 Å². The number of nitrogen functional groups attached to an aromatic ring is 1. The van der Waals surface area contributed by atoms with Crippen molar-refractivity contribution in [1.29, 1.82) is 0 Å². The summed E-state index contributed by atoms with van der Waals surface area (Å²) in [6.07, 6.45) is 9.97. The summed E-state index contributed by atoms with van der Waals surface area (Å²) in [5.74, 6) is 67.0. The zero-order valence-electron chi connectivity index (χ0n) is 37.3. The topological polar surface area (TPSA) is 194 Å². The highest BCUT2D eigenvalue weighted by atomic mass is 16.7. The first-order chi connectivity index (χ1) is 33.1. The molecule has 1 aromatic heterocycles. The van der Waals surface area contributed by atoms with Crippen molar-refractivity contribution in [2.45, 2.75) is 71.0 Å². The molecule has 0 unspecified atom stereocenters. The number of nitrogens with zero attached hydrogens (tertiary/aromatic N) is 5. The standard InChI is InChI=1S/C28H34N4O2.C27H4.H3N5O2.14H2/c1-19(2)31-24(12-9-20-6-4-3-5-7-20)28(34)32-17-15-25(32)26(33)13-10-21-8-11-23-22(18-21)14-16-30-27(23)29;1-3-5-7-9-11-13-15-17-19-21-23-25-27-26-24-22-20-18-16-14-12-10-8-6-4-2;1-2-3-4-5(6)7;;;;;;;;;;;;;;/h3-8,11,14,16,18-19,24-25,31H,9-10,12-13,15,17H2,1-2H3,(H2,29,30);1H,2H3;(H2,1,3)(H,2,4);14*1H/t24-,25+;;;;;;;;;;;;;;;;/m1................/s1. The lowest BCUT2D eigenvalue weighted by molar-refractivity contribution is -0.546. The smallest absolute Gasteiger partial charge is 0.240 e. The largest absolute Gasteiger partial charge is 0.383 e. The number of carbonyl (C=O) groups is 2. The van der Waals surface area contributed by atoms with Crippen molar-refractivity contribution >= 4 is 28.3 Å². The Morgan fingerprint density at radius 3 is 1.78 bits per heavy atom. The molecule has 0 saturated carbocycles. The third-order valence-electron chi connectivity index (χ3n) is 8.35. The number of hydrazine groups is 1. The Balaban J connectivity index is -0.0000000830. The number of aromatic nitrogens is 1. The molecule has 1 saturated heterocycles. The summed E-state index contributed by atoms with van der Waals surface area (Å²) in [6, 6.07) is 17.8. The molecule has 3 aromatic rings. The average Bonchev–Trinajstić information content (AvgIpc) is 3.32. The summed E-state index contributed by atoms with van der Waals surface area (Å²) in [7, 11) is 0. The van der Waals surface area contributed by atoms with Crippen LogP contribution in [0.25, 0.3) is 10.8 Å². The number of nitro groups is 1. The van der Waals surface area contributed by atoms with E-state index in [2.05, 4.69) is 207 Å². The number of terminal acetylenes is 1. The molecule has 0 radical (unpaired) electrons. The zero-order valence-corrected chi connectivity index (χ0v) is 37.3. The lowest BCUT2D eigenvalue weighted by Crippen LogP contribution is -2.60. The fourth-order valence-corrected chi connectivity index (χ4v) is 5.48. The van der Waals surface area contributed by atoms with Crippen LogP contribution in [-0.4, -0.2) is 51.3 Å². The molecule has 1 aliphatic heterocycles. The Hall–Kier alpha value is -10.4. The number of Topliss-reactive ketones (excluding diaryl/α,β-unsaturated/α-hetero) is 1. The second-order valence-corrected chi connectivity index (χ2v) is 13.3. The van der Waals surface area contributed by atoms with Gasteiger partial charge in [0.05, 0.1) is 22.3 Å². The Kier molecular flexibility index (Phi) is 27.0. The second-order valence-electron chi connectivity index (χ2n) is 13.3. The van der Waals surface area contributed by atoms with Gasteiger partial charge in [0.25, 0.3) is 0 Å². The fourth-order valence-electron chi connectivity index (χ4n) is 5.48. The van der Waals surface area contributed by atoms with Gasteiger partial charge in [0.1, 0.15) is 5.82 Å². The van der Waals surface area contributed by atoms with Crippen LogP contribution in [0.3, 0.4) is 0 Å². The maximum atomic E-state index is 13.3. The molecule has 1 fully saturated rings. The summed E-state index contributed by atoms with van der Waals surface area (Å²) in [4.78, 5) is 41.5. The molecule has 358 valence electrons.